The van der Waals surface area contributed by atoms with E-state index in [2.05, 4.69) is 0 Å². The van der Waals surface area contributed by atoms with E-state index < -0.39 is 5.63 Å². The summed E-state index contributed by atoms with van der Waals surface area (Å²) in [6, 6.07) is 6.65. The average molecular weight is 262 g/mol. The Morgan fingerprint density at radius 2 is 2.05 bits per heavy atom. The molecule has 0 N–H and O–H groups in total. The van der Waals surface area contributed by atoms with Crippen LogP contribution < -0.4 is 10.4 Å². The number of Topliss-reactive ketones (excluding diaryl/α,β-unsaturated/α-hetero) is 1. The molecule has 1 aromatic heterocycles. The van der Waals surface area contributed by atoms with Crippen LogP contribution in [0.2, 0.25) is 0 Å². The normalized spacial score (nSPS) is 10.6. The van der Waals surface area contributed by atoms with E-state index in [4.69, 9.17) is 13.9 Å². The predicted octanol–water partition coefficient (Wildman–Crippen LogP) is 2.02. The molecule has 0 spiro atoms. The summed E-state index contributed by atoms with van der Waals surface area (Å²) in [5.41, 5.74) is -0.181. The molecule has 0 aliphatic rings. The Bertz CT molecular complexity index is 656. The van der Waals surface area contributed by atoms with Crippen LogP contribution in [0.15, 0.2) is 33.5 Å². The van der Waals surface area contributed by atoms with Crippen LogP contribution in [-0.2, 0) is 4.74 Å². The van der Waals surface area contributed by atoms with Gasteiger partial charge in [-0.3, -0.25) is 4.79 Å². The highest BCUT2D eigenvalue weighted by molar-refractivity contribution is 5.96. The molecule has 5 heteroatoms. The number of ether oxygens (including phenoxy) is 2. The van der Waals surface area contributed by atoms with Gasteiger partial charge in [-0.05, 0) is 25.1 Å². The first-order chi connectivity index (χ1) is 9.11. The van der Waals surface area contributed by atoms with Gasteiger partial charge < -0.3 is 13.9 Å². The van der Waals surface area contributed by atoms with Gasteiger partial charge >= 0.3 is 5.63 Å². The molecule has 5 nitrogen and oxygen atoms in total. The molecule has 0 saturated heterocycles. The standard InChI is InChI=1S/C14H14O5/c1-9(15)12-7-10-3-4-11(18-6-5-17-2)8-13(10)19-14(12)16/h3-4,7-8H,5-6H2,1-2H3. The quantitative estimate of drug-likeness (QED) is 0.468. The van der Waals surface area contributed by atoms with Crippen LogP contribution >= 0.6 is 0 Å². The minimum absolute atomic E-state index is 0.0561. The van der Waals surface area contributed by atoms with Crippen LogP contribution in [0.3, 0.4) is 0 Å². The molecule has 0 atom stereocenters. The number of carbonyl (C=O) groups excluding carboxylic acids is 1. The van der Waals surface area contributed by atoms with E-state index in [-0.39, 0.29) is 11.3 Å². The summed E-state index contributed by atoms with van der Waals surface area (Å²) in [4.78, 5) is 22.9. The SMILES string of the molecule is COCCOc1ccc2cc(C(C)=O)c(=O)oc2c1. The first-order valence-electron chi connectivity index (χ1n) is 5.82. The summed E-state index contributed by atoms with van der Waals surface area (Å²) < 4.78 is 15.4. The number of rotatable bonds is 5. The molecule has 0 unspecified atom stereocenters. The fourth-order valence-corrected chi connectivity index (χ4v) is 1.67. The van der Waals surface area contributed by atoms with E-state index in [1.54, 1.807) is 25.3 Å². The number of methoxy groups -OCH3 is 1. The second-order valence-corrected chi connectivity index (χ2v) is 4.04. The van der Waals surface area contributed by atoms with Crippen LogP contribution in [0.5, 0.6) is 5.75 Å². The minimum Gasteiger partial charge on any atom is -0.491 e. The second kappa shape index (κ2) is 5.67. The highest BCUT2D eigenvalue weighted by Crippen LogP contribution is 2.20. The van der Waals surface area contributed by atoms with Crippen molar-refractivity contribution in [2.75, 3.05) is 20.3 Å². The number of benzene rings is 1. The molecule has 0 fully saturated rings. The molecule has 0 radical (unpaired) electrons. The van der Waals surface area contributed by atoms with E-state index in [9.17, 15) is 9.59 Å². The third-order valence-electron chi connectivity index (χ3n) is 2.64. The van der Waals surface area contributed by atoms with E-state index >= 15 is 0 Å². The van der Waals surface area contributed by atoms with Crippen LogP contribution in [0, 0.1) is 0 Å². The maximum absolute atomic E-state index is 11.6. The highest BCUT2D eigenvalue weighted by atomic mass is 16.5. The van der Waals surface area contributed by atoms with Crippen molar-refractivity contribution in [2.45, 2.75) is 6.92 Å². The molecular weight excluding hydrogens is 248 g/mol. The van der Waals surface area contributed by atoms with Gasteiger partial charge in [0.15, 0.2) is 5.78 Å². The zero-order valence-electron chi connectivity index (χ0n) is 10.8. The molecule has 0 aliphatic carbocycles. The zero-order chi connectivity index (χ0) is 13.8. The Balaban J connectivity index is 2.36. The maximum atomic E-state index is 11.6. The first-order valence-corrected chi connectivity index (χ1v) is 5.82. The Morgan fingerprint density at radius 3 is 2.74 bits per heavy atom. The van der Waals surface area contributed by atoms with Crippen molar-refractivity contribution in [3.05, 3.63) is 40.2 Å². The summed E-state index contributed by atoms with van der Waals surface area (Å²) in [5.74, 6) is 0.277. The van der Waals surface area contributed by atoms with Gasteiger partial charge in [-0.25, -0.2) is 4.79 Å². The first kappa shape index (κ1) is 13.3. The Hall–Kier alpha value is -2.14. The molecule has 0 aliphatic heterocycles. The monoisotopic (exact) mass is 262 g/mol. The molecule has 1 heterocycles. The van der Waals surface area contributed by atoms with Gasteiger partial charge in [0.2, 0.25) is 0 Å². The van der Waals surface area contributed by atoms with E-state index in [1.807, 2.05) is 0 Å². The van der Waals surface area contributed by atoms with Crippen molar-refractivity contribution in [2.24, 2.45) is 0 Å². The Labute approximate surface area is 109 Å². The summed E-state index contributed by atoms with van der Waals surface area (Å²) in [7, 11) is 1.59. The molecule has 0 bridgehead atoms. The fourth-order valence-electron chi connectivity index (χ4n) is 1.67. The number of hydrogen-bond acceptors (Lipinski definition) is 5. The van der Waals surface area contributed by atoms with Gasteiger partial charge in [0, 0.05) is 18.6 Å². The predicted molar refractivity (Wildman–Crippen MR) is 69.9 cm³/mol. The summed E-state index contributed by atoms with van der Waals surface area (Å²) in [5, 5.41) is 0.684. The molecule has 2 aromatic rings. The van der Waals surface area contributed by atoms with Crippen molar-refractivity contribution in [3.8, 4) is 5.75 Å². The third-order valence-corrected chi connectivity index (χ3v) is 2.64. The third kappa shape index (κ3) is 3.00. The van der Waals surface area contributed by atoms with Gasteiger partial charge in [0.05, 0.1) is 6.61 Å². The summed E-state index contributed by atoms with van der Waals surface area (Å²) in [6.45, 7) is 2.23. The number of hydrogen-bond donors (Lipinski definition) is 0. The van der Waals surface area contributed by atoms with Crippen LogP contribution in [0.25, 0.3) is 11.0 Å². The molecule has 2 rings (SSSR count). The van der Waals surface area contributed by atoms with E-state index in [1.165, 1.54) is 13.0 Å². The van der Waals surface area contributed by atoms with Crippen molar-refractivity contribution in [1.82, 2.24) is 0 Å². The van der Waals surface area contributed by atoms with Gasteiger partial charge in [-0.15, -0.1) is 0 Å². The molecule has 0 amide bonds. The van der Waals surface area contributed by atoms with Crippen molar-refractivity contribution >= 4 is 16.8 Å². The van der Waals surface area contributed by atoms with Crippen molar-refractivity contribution in [3.63, 3.8) is 0 Å². The lowest BCUT2D eigenvalue weighted by Crippen LogP contribution is -2.11. The number of carbonyl (C=O) groups is 1. The lowest BCUT2D eigenvalue weighted by molar-refractivity contribution is 0.101. The van der Waals surface area contributed by atoms with Crippen molar-refractivity contribution in [1.29, 1.82) is 0 Å². The molecule has 1 aromatic carbocycles. The van der Waals surface area contributed by atoms with Crippen LogP contribution in [0.4, 0.5) is 0 Å². The van der Waals surface area contributed by atoms with E-state index in [0.717, 1.165) is 0 Å². The molecule has 0 saturated carbocycles. The lowest BCUT2D eigenvalue weighted by Gasteiger charge is -2.06. The minimum atomic E-state index is -0.631. The highest BCUT2D eigenvalue weighted by Gasteiger charge is 2.09. The Kier molecular flexibility index (Phi) is 3.97. The van der Waals surface area contributed by atoms with Gasteiger partial charge in [-0.2, -0.15) is 0 Å². The maximum Gasteiger partial charge on any atom is 0.347 e. The largest absolute Gasteiger partial charge is 0.491 e. The smallest absolute Gasteiger partial charge is 0.347 e. The summed E-state index contributed by atoms with van der Waals surface area (Å²) in [6.07, 6.45) is 0. The average Bonchev–Trinajstić information content (AvgIpc) is 2.37. The van der Waals surface area contributed by atoms with Crippen LogP contribution in [0.1, 0.15) is 17.3 Å². The van der Waals surface area contributed by atoms with E-state index in [0.29, 0.717) is 29.9 Å². The molecule has 19 heavy (non-hydrogen) atoms. The van der Waals surface area contributed by atoms with Crippen molar-refractivity contribution < 1.29 is 18.7 Å². The fraction of sp³-hybridized carbons (Fsp3) is 0.286. The van der Waals surface area contributed by atoms with Gasteiger partial charge in [0.25, 0.3) is 0 Å². The number of fused-ring (bicyclic) bond motifs is 1. The lowest BCUT2D eigenvalue weighted by atomic mass is 10.1. The number of ketones is 1. The topological polar surface area (TPSA) is 65.7 Å². The Morgan fingerprint density at radius 1 is 1.26 bits per heavy atom. The van der Waals surface area contributed by atoms with Crippen LogP contribution in [-0.4, -0.2) is 26.1 Å². The molecule has 100 valence electrons. The molecular formula is C14H14O5. The summed E-state index contributed by atoms with van der Waals surface area (Å²) >= 11 is 0. The van der Waals surface area contributed by atoms with Gasteiger partial charge in [0.1, 0.15) is 23.5 Å². The zero-order valence-corrected chi connectivity index (χ0v) is 10.8. The second-order valence-electron chi connectivity index (χ2n) is 4.04. The van der Waals surface area contributed by atoms with Gasteiger partial charge in [-0.1, -0.05) is 0 Å².